The molecule has 0 spiro atoms. The van der Waals surface area contributed by atoms with Crippen LogP contribution in [0.25, 0.3) is 0 Å². The second-order valence-corrected chi connectivity index (χ2v) is 8.67. The summed E-state index contributed by atoms with van der Waals surface area (Å²) in [5, 5.41) is 8.58. The first-order valence-electron chi connectivity index (χ1n) is 10.5. The molecule has 0 aromatic rings. The number of carboxylic acids is 1. The van der Waals surface area contributed by atoms with Crippen molar-refractivity contribution in [3.05, 3.63) is 0 Å². The molecule has 0 saturated carbocycles. The fraction of sp³-hybridized carbons (Fsp3) is 0.905. The third-order valence-corrected chi connectivity index (χ3v) is 5.02. The van der Waals surface area contributed by atoms with E-state index in [1.807, 2.05) is 25.7 Å². The molecule has 1 N–H and O–H groups in total. The van der Waals surface area contributed by atoms with Gasteiger partial charge in [-0.25, -0.2) is 4.79 Å². The summed E-state index contributed by atoms with van der Waals surface area (Å²) in [6.07, 6.45) is 13.0. The molecule has 26 heavy (non-hydrogen) atoms. The Balaban J connectivity index is 1.95. The Labute approximate surface area is 159 Å². The van der Waals surface area contributed by atoms with Crippen LogP contribution in [0.2, 0.25) is 0 Å². The normalized spacial score (nSPS) is 15.9. The zero-order valence-electron chi connectivity index (χ0n) is 17.1. The van der Waals surface area contributed by atoms with E-state index in [2.05, 4.69) is 0 Å². The Hall–Kier alpha value is -1.26. The van der Waals surface area contributed by atoms with E-state index in [4.69, 9.17) is 9.84 Å². The number of piperidine rings is 1. The van der Waals surface area contributed by atoms with Gasteiger partial charge in [-0.3, -0.25) is 4.79 Å². The van der Waals surface area contributed by atoms with E-state index in [1.54, 1.807) is 0 Å². The van der Waals surface area contributed by atoms with E-state index in [-0.39, 0.29) is 6.09 Å². The second kappa shape index (κ2) is 12.2. The summed E-state index contributed by atoms with van der Waals surface area (Å²) in [4.78, 5) is 24.3. The minimum Gasteiger partial charge on any atom is -0.481 e. The van der Waals surface area contributed by atoms with Gasteiger partial charge in [0.1, 0.15) is 5.60 Å². The highest BCUT2D eigenvalue weighted by Gasteiger charge is 2.26. The minimum atomic E-state index is -0.679. The highest BCUT2D eigenvalue weighted by atomic mass is 16.6. The van der Waals surface area contributed by atoms with Gasteiger partial charge in [0.15, 0.2) is 0 Å². The molecule has 1 fully saturated rings. The van der Waals surface area contributed by atoms with Crippen LogP contribution >= 0.6 is 0 Å². The predicted octanol–water partition coefficient (Wildman–Crippen LogP) is 5.62. The number of hydrogen-bond donors (Lipinski definition) is 1. The number of aliphatic carboxylic acids is 1. The van der Waals surface area contributed by atoms with Gasteiger partial charge in [0, 0.05) is 19.5 Å². The number of ether oxygens (including phenoxy) is 1. The Bertz CT molecular complexity index is 409. The van der Waals surface area contributed by atoms with E-state index in [0.717, 1.165) is 51.1 Å². The lowest BCUT2D eigenvalue weighted by atomic mass is 9.91. The van der Waals surface area contributed by atoms with Crippen LogP contribution in [-0.2, 0) is 9.53 Å². The van der Waals surface area contributed by atoms with Crippen molar-refractivity contribution in [3.8, 4) is 0 Å². The number of carbonyl (C=O) groups excluding carboxylic acids is 1. The van der Waals surface area contributed by atoms with Crippen molar-refractivity contribution in [3.63, 3.8) is 0 Å². The number of likely N-dealkylation sites (tertiary alicyclic amines) is 1. The number of rotatable bonds is 11. The van der Waals surface area contributed by atoms with Crippen LogP contribution in [0, 0.1) is 5.92 Å². The first-order valence-corrected chi connectivity index (χ1v) is 10.5. The van der Waals surface area contributed by atoms with E-state index in [9.17, 15) is 9.59 Å². The molecule has 1 amide bonds. The lowest BCUT2D eigenvalue weighted by Gasteiger charge is -2.33. The van der Waals surface area contributed by atoms with Gasteiger partial charge in [-0.05, 0) is 46.0 Å². The molecule has 0 atom stereocenters. The van der Waals surface area contributed by atoms with Crippen molar-refractivity contribution in [1.29, 1.82) is 0 Å². The van der Waals surface area contributed by atoms with Crippen LogP contribution in [0.3, 0.4) is 0 Å². The number of carbonyl (C=O) groups is 2. The number of amides is 1. The number of hydrogen-bond acceptors (Lipinski definition) is 3. The Morgan fingerprint density at radius 1 is 0.923 bits per heavy atom. The molecular weight excluding hydrogens is 330 g/mol. The van der Waals surface area contributed by atoms with Crippen molar-refractivity contribution in [1.82, 2.24) is 4.90 Å². The van der Waals surface area contributed by atoms with Crippen LogP contribution in [-0.4, -0.2) is 40.8 Å². The third kappa shape index (κ3) is 11.4. The molecule has 0 aliphatic carbocycles. The zero-order chi connectivity index (χ0) is 19.4. The minimum absolute atomic E-state index is 0.167. The molecule has 1 rings (SSSR count). The van der Waals surface area contributed by atoms with Crippen molar-refractivity contribution in [2.24, 2.45) is 5.92 Å². The molecular formula is C21H39NO4. The summed E-state index contributed by atoms with van der Waals surface area (Å²) in [5.41, 5.74) is -0.413. The van der Waals surface area contributed by atoms with Gasteiger partial charge in [-0.2, -0.15) is 0 Å². The van der Waals surface area contributed by atoms with Crippen LogP contribution in [0.15, 0.2) is 0 Å². The summed E-state index contributed by atoms with van der Waals surface area (Å²) in [6, 6.07) is 0. The summed E-state index contributed by atoms with van der Waals surface area (Å²) in [5.74, 6) is 0.0756. The Kier molecular flexibility index (Phi) is 10.7. The zero-order valence-corrected chi connectivity index (χ0v) is 17.1. The smallest absolute Gasteiger partial charge is 0.410 e. The van der Waals surface area contributed by atoms with E-state index in [0.29, 0.717) is 6.42 Å². The fourth-order valence-corrected chi connectivity index (χ4v) is 3.50. The van der Waals surface area contributed by atoms with Gasteiger partial charge in [0.25, 0.3) is 0 Å². The second-order valence-electron chi connectivity index (χ2n) is 8.67. The number of unbranched alkanes of at least 4 members (excludes halogenated alkanes) is 7. The van der Waals surface area contributed by atoms with Gasteiger partial charge >= 0.3 is 12.1 Å². The largest absolute Gasteiger partial charge is 0.481 e. The van der Waals surface area contributed by atoms with E-state index < -0.39 is 11.6 Å². The topological polar surface area (TPSA) is 66.8 Å². The maximum atomic E-state index is 12.1. The molecule has 0 unspecified atom stereocenters. The molecule has 152 valence electrons. The Morgan fingerprint density at radius 3 is 1.92 bits per heavy atom. The molecule has 5 nitrogen and oxygen atoms in total. The first-order chi connectivity index (χ1) is 12.3. The summed E-state index contributed by atoms with van der Waals surface area (Å²) < 4.78 is 5.44. The van der Waals surface area contributed by atoms with E-state index in [1.165, 1.54) is 38.5 Å². The van der Waals surface area contributed by atoms with Crippen molar-refractivity contribution in [2.75, 3.05) is 13.1 Å². The fourth-order valence-electron chi connectivity index (χ4n) is 3.50. The molecule has 1 aliphatic heterocycles. The van der Waals surface area contributed by atoms with Crippen molar-refractivity contribution < 1.29 is 19.4 Å². The van der Waals surface area contributed by atoms with Crippen LogP contribution in [0.4, 0.5) is 4.79 Å². The van der Waals surface area contributed by atoms with Gasteiger partial charge < -0.3 is 14.7 Å². The molecule has 0 aromatic heterocycles. The highest BCUT2D eigenvalue weighted by molar-refractivity contribution is 5.68. The molecule has 0 bridgehead atoms. The van der Waals surface area contributed by atoms with Crippen molar-refractivity contribution in [2.45, 2.75) is 103 Å². The van der Waals surface area contributed by atoms with Crippen LogP contribution in [0.1, 0.15) is 97.8 Å². The van der Waals surface area contributed by atoms with Gasteiger partial charge in [-0.15, -0.1) is 0 Å². The average Bonchev–Trinajstić information content (AvgIpc) is 2.55. The molecule has 1 aliphatic rings. The van der Waals surface area contributed by atoms with Gasteiger partial charge in [0.2, 0.25) is 0 Å². The summed E-state index contributed by atoms with van der Waals surface area (Å²) >= 11 is 0. The predicted molar refractivity (Wildman–Crippen MR) is 104 cm³/mol. The van der Waals surface area contributed by atoms with Gasteiger partial charge in [-0.1, -0.05) is 51.4 Å². The molecule has 0 radical (unpaired) electrons. The summed E-state index contributed by atoms with van der Waals surface area (Å²) in [6.45, 7) is 7.39. The molecule has 1 heterocycles. The van der Waals surface area contributed by atoms with Crippen LogP contribution in [0.5, 0.6) is 0 Å². The highest BCUT2D eigenvalue weighted by Crippen LogP contribution is 2.24. The number of carboxylic acid groups (broad SMARTS) is 1. The average molecular weight is 370 g/mol. The standard InChI is InChI=1S/C21H39NO4/c1-21(2,3)26-20(25)22-16-14-18(15-17-22)12-10-8-6-4-5-7-9-11-13-19(23)24/h18H,4-17H2,1-3H3,(H,23,24). The Morgan fingerprint density at radius 2 is 1.42 bits per heavy atom. The SMILES string of the molecule is CC(C)(C)OC(=O)N1CCC(CCCCCCCCCCC(=O)O)CC1. The maximum Gasteiger partial charge on any atom is 0.410 e. The van der Waals surface area contributed by atoms with Crippen LogP contribution < -0.4 is 0 Å². The van der Waals surface area contributed by atoms with Gasteiger partial charge in [0.05, 0.1) is 0 Å². The first kappa shape index (κ1) is 22.8. The quantitative estimate of drug-likeness (QED) is 0.480. The number of nitrogens with zero attached hydrogens (tertiary/aromatic N) is 1. The van der Waals surface area contributed by atoms with Crippen molar-refractivity contribution >= 4 is 12.1 Å². The maximum absolute atomic E-state index is 12.1. The third-order valence-electron chi connectivity index (χ3n) is 5.02. The lowest BCUT2D eigenvalue weighted by Crippen LogP contribution is -2.41. The van der Waals surface area contributed by atoms with E-state index >= 15 is 0 Å². The summed E-state index contributed by atoms with van der Waals surface area (Å²) in [7, 11) is 0. The monoisotopic (exact) mass is 369 g/mol. The molecule has 0 aromatic carbocycles. The lowest BCUT2D eigenvalue weighted by molar-refractivity contribution is -0.137. The molecule has 1 saturated heterocycles. The molecule has 5 heteroatoms.